The molecule has 2 saturated carbocycles. The van der Waals surface area contributed by atoms with E-state index in [1.54, 1.807) is 0 Å². The molecule has 0 bridgehead atoms. The van der Waals surface area contributed by atoms with Crippen LogP contribution in [0.3, 0.4) is 0 Å². The molecule has 2 aliphatic carbocycles. The second-order valence-corrected chi connectivity index (χ2v) is 5.89. The Morgan fingerprint density at radius 3 is 2.20 bits per heavy atom. The first-order chi connectivity index (χ1) is 7.15. The Morgan fingerprint density at radius 1 is 1.00 bits per heavy atom. The first-order valence-corrected chi connectivity index (χ1v) is 6.59. The van der Waals surface area contributed by atoms with Gasteiger partial charge in [-0.1, -0.05) is 13.8 Å². The Kier molecular flexibility index (Phi) is 3.68. The first-order valence-electron chi connectivity index (χ1n) is 6.59. The van der Waals surface area contributed by atoms with E-state index in [4.69, 9.17) is 0 Å². The Balaban J connectivity index is 1.83. The van der Waals surface area contributed by atoms with E-state index in [9.17, 15) is 5.11 Å². The molecule has 2 rings (SSSR count). The van der Waals surface area contributed by atoms with E-state index in [0.29, 0.717) is 12.1 Å². The fourth-order valence-electron chi connectivity index (χ4n) is 3.52. The van der Waals surface area contributed by atoms with Gasteiger partial charge in [-0.25, -0.2) is 0 Å². The molecule has 0 amide bonds. The summed E-state index contributed by atoms with van der Waals surface area (Å²) < 4.78 is 0. The van der Waals surface area contributed by atoms with Crippen LogP contribution in [0.25, 0.3) is 0 Å². The molecule has 88 valence electrons. The quantitative estimate of drug-likeness (QED) is 0.734. The summed E-state index contributed by atoms with van der Waals surface area (Å²) in [5.41, 5.74) is 0. The molecule has 0 aromatic heterocycles. The van der Waals surface area contributed by atoms with Crippen molar-refractivity contribution >= 4 is 0 Å². The number of rotatable bonds is 2. The summed E-state index contributed by atoms with van der Waals surface area (Å²) in [5, 5.41) is 13.5. The lowest BCUT2D eigenvalue weighted by Gasteiger charge is -2.34. The van der Waals surface area contributed by atoms with Crippen LogP contribution in [0.1, 0.15) is 52.4 Å². The smallest absolute Gasteiger partial charge is 0.0693 e. The molecule has 0 aromatic carbocycles. The van der Waals surface area contributed by atoms with E-state index in [2.05, 4.69) is 19.2 Å². The minimum absolute atomic E-state index is 0.0856. The van der Waals surface area contributed by atoms with Gasteiger partial charge in [0, 0.05) is 12.1 Å². The van der Waals surface area contributed by atoms with Gasteiger partial charge >= 0.3 is 0 Å². The van der Waals surface area contributed by atoms with Crippen molar-refractivity contribution in [2.45, 2.75) is 70.6 Å². The largest absolute Gasteiger partial charge is 0.392 e. The monoisotopic (exact) mass is 211 g/mol. The Labute approximate surface area is 93.5 Å². The van der Waals surface area contributed by atoms with Gasteiger partial charge in [0.1, 0.15) is 0 Å². The second kappa shape index (κ2) is 4.84. The molecule has 2 fully saturated rings. The van der Waals surface area contributed by atoms with E-state index >= 15 is 0 Å². The van der Waals surface area contributed by atoms with Crippen molar-refractivity contribution in [1.29, 1.82) is 0 Å². The topological polar surface area (TPSA) is 32.3 Å². The normalized spacial score (nSPS) is 47.0. The highest BCUT2D eigenvalue weighted by Gasteiger charge is 2.30. The van der Waals surface area contributed by atoms with Crippen molar-refractivity contribution in [3.05, 3.63) is 0 Å². The molecule has 0 aromatic rings. The highest BCUT2D eigenvalue weighted by molar-refractivity contribution is 4.88. The van der Waals surface area contributed by atoms with Gasteiger partial charge in [0.05, 0.1) is 6.10 Å². The molecule has 15 heavy (non-hydrogen) atoms. The molecule has 0 saturated heterocycles. The van der Waals surface area contributed by atoms with Crippen LogP contribution in [-0.2, 0) is 0 Å². The van der Waals surface area contributed by atoms with Gasteiger partial charge in [-0.15, -0.1) is 0 Å². The zero-order chi connectivity index (χ0) is 10.8. The van der Waals surface area contributed by atoms with Crippen LogP contribution in [-0.4, -0.2) is 23.3 Å². The van der Waals surface area contributed by atoms with Crippen LogP contribution in [0.15, 0.2) is 0 Å². The minimum atomic E-state index is -0.0856. The van der Waals surface area contributed by atoms with E-state index in [0.717, 1.165) is 18.3 Å². The van der Waals surface area contributed by atoms with Crippen molar-refractivity contribution in [2.75, 3.05) is 0 Å². The number of nitrogens with one attached hydrogen (secondary N) is 1. The maximum absolute atomic E-state index is 9.79. The van der Waals surface area contributed by atoms with Gasteiger partial charge < -0.3 is 10.4 Å². The van der Waals surface area contributed by atoms with Crippen molar-refractivity contribution in [3.63, 3.8) is 0 Å². The Hall–Kier alpha value is -0.0800. The van der Waals surface area contributed by atoms with E-state index in [1.165, 1.54) is 32.1 Å². The third-order valence-corrected chi connectivity index (χ3v) is 4.11. The predicted molar refractivity (Wildman–Crippen MR) is 62.7 cm³/mol. The van der Waals surface area contributed by atoms with Crippen LogP contribution in [0.2, 0.25) is 0 Å². The maximum Gasteiger partial charge on any atom is 0.0693 e. The lowest BCUT2D eigenvalue weighted by atomic mass is 9.80. The summed E-state index contributed by atoms with van der Waals surface area (Å²) in [6, 6.07) is 1.04. The second-order valence-electron chi connectivity index (χ2n) is 5.89. The predicted octanol–water partition coefficient (Wildman–Crippen LogP) is 2.31. The fourth-order valence-corrected chi connectivity index (χ4v) is 3.52. The molecule has 0 heterocycles. The number of hydrogen-bond acceptors (Lipinski definition) is 2. The van der Waals surface area contributed by atoms with E-state index < -0.39 is 0 Å². The lowest BCUT2D eigenvalue weighted by molar-refractivity contribution is 0.128. The molecular weight excluding hydrogens is 186 g/mol. The van der Waals surface area contributed by atoms with Crippen molar-refractivity contribution in [3.8, 4) is 0 Å². The number of hydrogen-bond donors (Lipinski definition) is 2. The first kappa shape index (κ1) is 11.4. The zero-order valence-electron chi connectivity index (χ0n) is 10.1. The van der Waals surface area contributed by atoms with Crippen molar-refractivity contribution in [1.82, 2.24) is 5.32 Å². The fraction of sp³-hybridized carbons (Fsp3) is 1.00. The van der Waals surface area contributed by atoms with E-state index in [-0.39, 0.29) is 6.10 Å². The lowest BCUT2D eigenvalue weighted by Crippen LogP contribution is -2.45. The molecule has 0 aliphatic heterocycles. The summed E-state index contributed by atoms with van der Waals surface area (Å²) in [6.07, 6.45) is 7.25. The van der Waals surface area contributed by atoms with Gasteiger partial charge in [-0.2, -0.15) is 0 Å². The van der Waals surface area contributed by atoms with Gasteiger partial charge in [-0.05, 0) is 50.4 Å². The maximum atomic E-state index is 9.79. The molecule has 2 heteroatoms. The van der Waals surface area contributed by atoms with Gasteiger partial charge in [0.25, 0.3) is 0 Å². The molecular formula is C13H25NO. The molecule has 2 N–H and O–H groups in total. The van der Waals surface area contributed by atoms with Crippen molar-refractivity contribution < 1.29 is 5.11 Å². The third kappa shape index (κ3) is 2.94. The summed E-state index contributed by atoms with van der Waals surface area (Å²) in [4.78, 5) is 0. The molecule has 2 nitrogen and oxygen atoms in total. The van der Waals surface area contributed by atoms with Crippen LogP contribution in [0.5, 0.6) is 0 Å². The highest BCUT2D eigenvalue weighted by Crippen LogP contribution is 2.30. The minimum Gasteiger partial charge on any atom is -0.392 e. The number of aliphatic hydroxyl groups excluding tert-OH is 1. The van der Waals surface area contributed by atoms with Crippen molar-refractivity contribution in [2.24, 2.45) is 11.8 Å². The molecule has 2 unspecified atom stereocenters. The summed E-state index contributed by atoms with van der Waals surface area (Å²) in [6.45, 7) is 4.71. The molecule has 4 atom stereocenters. The summed E-state index contributed by atoms with van der Waals surface area (Å²) in [7, 11) is 0. The van der Waals surface area contributed by atoms with Crippen LogP contribution in [0, 0.1) is 11.8 Å². The summed E-state index contributed by atoms with van der Waals surface area (Å²) in [5.74, 6) is 1.70. The zero-order valence-corrected chi connectivity index (χ0v) is 10.1. The van der Waals surface area contributed by atoms with Gasteiger partial charge in [-0.3, -0.25) is 0 Å². The SMILES string of the molecule is CC1CC(C)CC(N[C@@H]2CCC[C@H]2O)C1. The molecule has 0 spiro atoms. The number of aliphatic hydroxyl groups is 1. The van der Waals surface area contributed by atoms with Gasteiger partial charge in [0.15, 0.2) is 0 Å². The third-order valence-electron chi connectivity index (χ3n) is 4.11. The van der Waals surface area contributed by atoms with Crippen LogP contribution < -0.4 is 5.32 Å². The van der Waals surface area contributed by atoms with Crippen LogP contribution >= 0.6 is 0 Å². The Morgan fingerprint density at radius 2 is 1.67 bits per heavy atom. The average molecular weight is 211 g/mol. The Bertz CT molecular complexity index is 197. The molecule has 0 radical (unpaired) electrons. The summed E-state index contributed by atoms with van der Waals surface area (Å²) >= 11 is 0. The van der Waals surface area contributed by atoms with E-state index in [1.807, 2.05) is 0 Å². The molecule has 2 aliphatic rings. The average Bonchev–Trinajstić information content (AvgIpc) is 2.50. The van der Waals surface area contributed by atoms with Gasteiger partial charge in [0.2, 0.25) is 0 Å². The van der Waals surface area contributed by atoms with Crippen LogP contribution in [0.4, 0.5) is 0 Å². The highest BCUT2D eigenvalue weighted by atomic mass is 16.3. The standard InChI is InChI=1S/C13H25NO/c1-9-6-10(2)8-11(7-9)14-12-4-3-5-13(12)15/h9-15H,3-8H2,1-2H3/t9?,10?,11?,12-,13-/m1/s1.